The quantitative estimate of drug-likeness (QED) is 0.828. The molecular weight excluding hydrogens is 289 g/mol. The lowest BCUT2D eigenvalue weighted by Gasteiger charge is -2.10. The first-order chi connectivity index (χ1) is 10.1. The zero-order valence-electron chi connectivity index (χ0n) is 11.8. The highest BCUT2D eigenvalue weighted by atomic mass is 32.2. The molecule has 0 bridgehead atoms. The third-order valence-corrected chi connectivity index (χ3v) is 3.53. The van der Waals surface area contributed by atoms with E-state index in [0.29, 0.717) is 18.1 Å². The Morgan fingerprint density at radius 1 is 1.33 bits per heavy atom. The van der Waals surface area contributed by atoms with Gasteiger partial charge in [-0.2, -0.15) is 0 Å². The van der Waals surface area contributed by atoms with Crippen molar-refractivity contribution in [2.45, 2.75) is 11.8 Å². The van der Waals surface area contributed by atoms with Crippen molar-refractivity contribution in [3.8, 4) is 0 Å². The smallest absolute Gasteiger partial charge is 0.259 e. The van der Waals surface area contributed by atoms with Gasteiger partial charge in [0, 0.05) is 17.1 Å². The summed E-state index contributed by atoms with van der Waals surface area (Å²) < 4.78 is 13.3. The van der Waals surface area contributed by atoms with E-state index in [9.17, 15) is 9.18 Å². The molecule has 0 fully saturated rings. The van der Waals surface area contributed by atoms with Crippen molar-refractivity contribution in [1.29, 1.82) is 0 Å². The number of nitrogens with zero attached hydrogens (tertiary/aromatic N) is 1. The summed E-state index contributed by atoms with van der Waals surface area (Å²) in [6, 6.07) is 8.62. The standard InChI is InChI=1S/C15H16FN3OS/c1-3-17-14-13(8-10(16)9-18-14)15(20)19-11-4-6-12(21-2)7-5-11/h4-9H,3H2,1-2H3,(H,17,18)(H,19,20). The zero-order valence-corrected chi connectivity index (χ0v) is 12.6. The number of anilines is 2. The summed E-state index contributed by atoms with van der Waals surface area (Å²) in [5, 5.41) is 5.69. The van der Waals surface area contributed by atoms with Crippen LogP contribution in [0.2, 0.25) is 0 Å². The molecule has 0 saturated heterocycles. The van der Waals surface area contributed by atoms with E-state index >= 15 is 0 Å². The summed E-state index contributed by atoms with van der Waals surface area (Å²) in [7, 11) is 0. The molecule has 21 heavy (non-hydrogen) atoms. The second-order valence-electron chi connectivity index (χ2n) is 4.26. The van der Waals surface area contributed by atoms with Gasteiger partial charge in [-0.1, -0.05) is 0 Å². The van der Waals surface area contributed by atoms with Gasteiger partial charge < -0.3 is 10.6 Å². The predicted molar refractivity (Wildman–Crippen MR) is 84.5 cm³/mol. The molecule has 0 unspecified atom stereocenters. The van der Waals surface area contributed by atoms with Crippen LogP contribution in [0.15, 0.2) is 41.4 Å². The molecular formula is C15H16FN3OS. The summed E-state index contributed by atoms with van der Waals surface area (Å²) >= 11 is 1.62. The van der Waals surface area contributed by atoms with Crippen LogP contribution in [0.3, 0.4) is 0 Å². The predicted octanol–water partition coefficient (Wildman–Crippen LogP) is 3.63. The van der Waals surface area contributed by atoms with Crippen LogP contribution in [0.5, 0.6) is 0 Å². The molecule has 1 aromatic heterocycles. The second-order valence-corrected chi connectivity index (χ2v) is 5.14. The molecule has 0 radical (unpaired) electrons. The van der Waals surface area contributed by atoms with Crippen LogP contribution in [0.1, 0.15) is 17.3 Å². The highest BCUT2D eigenvalue weighted by Gasteiger charge is 2.14. The van der Waals surface area contributed by atoms with Crippen LogP contribution in [0.4, 0.5) is 15.9 Å². The molecule has 2 N–H and O–H groups in total. The largest absolute Gasteiger partial charge is 0.370 e. The highest BCUT2D eigenvalue weighted by Crippen LogP contribution is 2.19. The fourth-order valence-corrected chi connectivity index (χ4v) is 2.20. The molecule has 6 heteroatoms. The van der Waals surface area contributed by atoms with Gasteiger partial charge in [0.25, 0.3) is 5.91 Å². The Morgan fingerprint density at radius 3 is 2.67 bits per heavy atom. The SMILES string of the molecule is CCNc1ncc(F)cc1C(=O)Nc1ccc(SC)cc1. The number of carbonyl (C=O) groups is 1. The van der Waals surface area contributed by atoms with E-state index in [2.05, 4.69) is 15.6 Å². The van der Waals surface area contributed by atoms with Crippen LogP contribution in [0, 0.1) is 5.82 Å². The van der Waals surface area contributed by atoms with E-state index < -0.39 is 11.7 Å². The number of thioether (sulfide) groups is 1. The first-order valence-electron chi connectivity index (χ1n) is 6.49. The number of hydrogen-bond donors (Lipinski definition) is 2. The van der Waals surface area contributed by atoms with Crippen LogP contribution in [0.25, 0.3) is 0 Å². The minimum atomic E-state index is -0.542. The van der Waals surface area contributed by atoms with Crippen molar-refractivity contribution in [3.63, 3.8) is 0 Å². The topological polar surface area (TPSA) is 54.0 Å². The third-order valence-electron chi connectivity index (χ3n) is 2.79. The fraction of sp³-hybridized carbons (Fsp3) is 0.200. The molecule has 0 spiro atoms. The van der Waals surface area contributed by atoms with E-state index in [1.165, 1.54) is 6.07 Å². The fourth-order valence-electron chi connectivity index (χ4n) is 1.79. The summed E-state index contributed by atoms with van der Waals surface area (Å²) in [6.45, 7) is 2.48. The van der Waals surface area contributed by atoms with Gasteiger partial charge in [0.2, 0.25) is 0 Å². The number of aromatic nitrogens is 1. The minimum Gasteiger partial charge on any atom is -0.370 e. The number of hydrogen-bond acceptors (Lipinski definition) is 4. The number of rotatable bonds is 5. The van der Waals surface area contributed by atoms with Gasteiger partial charge in [0.1, 0.15) is 11.6 Å². The molecule has 1 aromatic carbocycles. The van der Waals surface area contributed by atoms with E-state index in [-0.39, 0.29) is 5.56 Å². The maximum atomic E-state index is 13.3. The Bertz CT molecular complexity index is 631. The van der Waals surface area contributed by atoms with Gasteiger partial charge >= 0.3 is 0 Å². The van der Waals surface area contributed by atoms with Crippen LogP contribution >= 0.6 is 11.8 Å². The number of amides is 1. The van der Waals surface area contributed by atoms with Gasteiger partial charge in [0.15, 0.2) is 0 Å². The summed E-state index contributed by atoms with van der Waals surface area (Å²) in [6.07, 6.45) is 3.07. The minimum absolute atomic E-state index is 0.186. The lowest BCUT2D eigenvalue weighted by molar-refractivity contribution is 0.102. The number of carbonyl (C=O) groups excluding carboxylic acids is 1. The maximum absolute atomic E-state index is 13.3. The van der Waals surface area contributed by atoms with E-state index in [1.807, 2.05) is 37.4 Å². The van der Waals surface area contributed by atoms with Crippen molar-refractivity contribution < 1.29 is 9.18 Å². The molecule has 1 heterocycles. The van der Waals surface area contributed by atoms with E-state index in [0.717, 1.165) is 11.1 Å². The Balaban J connectivity index is 2.20. The summed E-state index contributed by atoms with van der Waals surface area (Å²) in [4.78, 5) is 17.3. The molecule has 1 amide bonds. The Morgan fingerprint density at radius 2 is 2.05 bits per heavy atom. The average molecular weight is 305 g/mol. The van der Waals surface area contributed by atoms with Crippen molar-refractivity contribution in [2.75, 3.05) is 23.4 Å². The van der Waals surface area contributed by atoms with Crippen molar-refractivity contribution in [3.05, 3.63) is 47.9 Å². The van der Waals surface area contributed by atoms with Gasteiger partial charge in [-0.05, 0) is 43.5 Å². The number of nitrogens with one attached hydrogen (secondary N) is 2. The van der Waals surface area contributed by atoms with E-state index in [4.69, 9.17) is 0 Å². The molecule has 0 saturated carbocycles. The summed E-state index contributed by atoms with van der Waals surface area (Å²) in [5.41, 5.74) is 0.843. The molecule has 0 aliphatic rings. The molecule has 2 aromatic rings. The van der Waals surface area contributed by atoms with Crippen molar-refractivity contribution in [2.24, 2.45) is 0 Å². The van der Waals surface area contributed by atoms with Crippen molar-refractivity contribution in [1.82, 2.24) is 4.98 Å². The normalized spacial score (nSPS) is 10.2. The number of halogens is 1. The first kappa shape index (κ1) is 15.3. The molecule has 4 nitrogen and oxygen atoms in total. The van der Waals surface area contributed by atoms with Gasteiger partial charge in [-0.15, -0.1) is 11.8 Å². The van der Waals surface area contributed by atoms with Crippen LogP contribution in [-0.4, -0.2) is 23.7 Å². The van der Waals surface area contributed by atoms with E-state index in [1.54, 1.807) is 11.8 Å². The van der Waals surface area contributed by atoms with Gasteiger partial charge in [-0.3, -0.25) is 4.79 Å². The monoisotopic (exact) mass is 305 g/mol. The summed E-state index contributed by atoms with van der Waals surface area (Å²) in [5.74, 6) is -0.563. The molecule has 0 aliphatic carbocycles. The Labute approximate surface area is 127 Å². The van der Waals surface area contributed by atoms with Crippen LogP contribution < -0.4 is 10.6 Å². The van der Waals surface area contributed by atoms with Crippen molar-refractivity contribution >= 4 is 29.2 Å². The second kappa shape index (κ2) is 7.08. The average Bonchev–Trinajstić information content (AvgIpc) is 2.50. The maximum Gasteiger partial charge on any atom is 0.259 e. The van der Waals surface area contributed by atoms with Gasteiger partial charge in [-0.25, -0.2) is 9.37 Å². The van der Waals surface area contributed by atoms with Crippen LogP contribution in [-0.2, 0) is 0 Å². The lowest BCUT2D eigenvalue weighted by atomic mass is 10.2. The number of pyridine rings is 1. The highest BCUT2D eigenvalue weighted by molar-refractivity contribution is 7.98. The third kappa shape index (κ3) is 3.95. The lowest BCUT2D eigenvalue weighted by Crippen LogP contribution is -2.16. The molecule has 2 rings (SSSR count). The zero-order chi connectivity index (χ0) is 15.2. The Hall–Kier alpha value is -2.08. The van der Waals surface area contributed by atoms with Gasteiger partial charge in [0.05, 0.1) is 11.8 Å². The molecule has 0 atom stereocenters. The number of benzene rings is 1. The first-order valence-corrected chi connectivity index (χ1v) is 7.71. The Kier molecular flexibility index (Phi) is 5.16. The molecule has 0 aliphatic heterocycles. The molecule has 110 valence electrons.